The lowest BCUT2D eigenvalue weighted by Crippen LogP contribution is -2.32. The van der Waals surface area contributed by atoms with E-state index in [1.165, 1.54) is 0 Å². The van der Waals surface area contributed by atoms with E-state index in [0.717, 1.165) is 19.4 Å². The maximum absolute atomic E-state index is 11.4. The number of carbonyl (C=O) groups excluding carboxylic acids is 1. The van der Waals surface area contributed by atoms with Gasteiger partial charge in [0, 0.05) is 12.8 Å². The van der Waals surface area contributed by atoms with E-state index in [1.54, 1.807) is 0 Å². The molecule has 1 aliphatic rings. The second-order valence-electron chi connectivity index (χ2n) is 4.33. The van der Waals surface area contributed by atoms with E-state index < -0.39 is 0 Å². The molecule has 0 aromatic carbocycles. The molecule has 0 spiro atoms. The van der Waals surface area contributed by atoms with Gasteiger partial charge in [-0.15, -0.1) is 0 Å². The SMILES string of the molecule is CC(C)CNCC(=O)OC1CCOCC1. The Morgan fingerprint density at radius 2 is 2.13 bits per heavy atom. The van der Waals surface area contributed by atoms with Crippen molar-refractivity contribution in [3.8, 4) is 0 Å². The lowest BCUT2D eigenvalue weighted by atomic mass is 10.1. The Morgan fingerprint density at radius 1 is 1.47 bits per heavy atom. The van der Waals surface area contributed by atoms with Gasteiger partial charge in [-0.2, -0.15) is 0 Å². The third kappa shape index (κ3) is 5.74. The quantitative estimate of drug-likeness (QED) is 0.694. The van der Waals surface area contributed by atoms with Crippen LogP contribution in [0.2, 0.25) is 0 Å². The fourth-order valence-corrected chi connectivity index (χ4v) is 1.48. The Balaban J connectivity index is 2.06. The Labute approximate surface area is 91.3 Å². The van der Waals surface area contributed by atoms with Gasteiger partial charge in [-0.1, -0.05) is 13.8 Å². The molecule has 1 N–H and O–H groups in total. The molecule has 0 aromatic rings. The zero-order valence-electron chi connectivity index (χ0n) is 9.62. The topological polar surface area (TPSA) is 47.6 Å². The number of nitrogens with one attached hydrogen (secondary N) is 1. The molecule has 0 radical (unpaired) electrons. The average molecular weight is 215 g/mol. The predicted molar refractivity (Wildman–Crippen MR) is 57.6 cm³/mol. The molecule has 0 saturated carbocycles. The molecule has 0 amide bonds. The van der Waals surface area contributed by atoms with E-state index in [9.17, 15) is 4.79 Å². The standard InChI is InChI=1S/C11H21NO3/c1-9(2)7-12-8-11(13)15-10-3-5-14-6-4-10/h9-10,12H,3-8H2,1-2H3. The first-order valence-corrected chi connectivity index (χ1v) is 5.66. The molecule has 0 aromatic heterocycles. The molecule has 1 heterocycles. The van der Waals surface area contributed by atoms with Crippen LogP contribution in [0.15, 0.2) is 0 Å². The van der Waals surface area contributed by atoms with E-state index in [4.69, 9.17) is 9.47 Å². The van der Waals surface area contributed by atoms with E-state index >= 15 is 0 Å². The lowest BCUT2D eigenvalue weighted by molar-refractivity contribution is -0.151. The van der Waals surface area contributed by atoms with Crippen molar-refractivity contribution in [1.29, 1.82) is 0 Å². The zero-order chi connectivity index (χ0) is 11.1. The van der Waals surface area contributed by atoms with Crippen molar-refractivity contribution in [3.05, 3.63) is 0 Å². The first-order valence-electron chi connectivity index (χ1n) is 5.66. The summed E-state index contributed by atoms with van der Waals surface area (Å²) in [4.78, 5) is 11.4. The van der Waals surface area contributed by atoms with Crippen LogP contribution in [0.1, 0.15) is 26.7 Å². The number of ether oxygens (including phenoxy) is 2. The molecule has 15 heavy (non-hydrogen) atoms. The summed E-state index contributed by atoms with van der Waals surface area (Å²) in [7, 11) is 0. The third-order valence-electron chi connectivity index (χ3n) is 2.29. The molecular formula is C11H21NO3. The summed E-state index contributed by atoms with van der Waals surface area (Å²) in [6.07, 6.45) is 1.72. The highest BCUT2D eigenvalue weighted by molar-refractivity contribution is 5.71. The van der Waals surface area contributed by atoms with Gasteiger partial charge >= 0.3 is 5.97 Å². The van der Waals surface area contributed by atoms with E-state index in [1.807, 2.05) is 0 Å². The summed E-state index contributed by atoms with van der Waals surface area (Å²) in [5, 5.41) is 3.07. The van der Waals surface area contributed by atoms with Crippen LogP contribution >= 0.6 is 0 Å². The Kier molecular flexibility index (Phi) is 5.65. The van der Waals surface area contributed by atoms with Crippen LogP contribution in [0.25, 0.3) is 0 Å². The van der Waals surface area contributed by atoms with Crippen molar-refractivity contribution in [1.82, 2.24) is 5.32 Å². The van der Waals surface area contributed by atoms with Gasteiger partial charge in [-0.3, -0.25) is 4.79 Å². The van der Waals surface area contributed by atoms with E-state index in [2.05, 4.69) is 19.2 Å². The maximum atomic E-state index is 11.4. The van der Waals surface area contributed by atoms with Crippen molar-refractivity contribution in [2.75, 3.05) is 26.3 Å². The smallest absolute Gasteiger partial charge is 0.320 e. The van der Waals surface area contributed by atoms with Gasteiger partial charge in [0.25, 0.3) is 0 Å². The molecule has 4 heteroatoms. The highest BCUT2D eigenvalue weighted by Crippen LogP contribution is 2.10. The van der Waals surface area contributed by atoms with Gasteiger partial charge in [0.15, 0.2) is 0 Å². The van der Waals surface area contributed by atoms with Crippen LogP contribution in [-0.4, -0.2) is 38.4 Å². The van der Waals surface area contributed by atoms with Crippen LogP contribution in [0, 0.1) is 5.92 Å². The van der Waals surface area contributed by atoms with Crippen molar-refractivity contribution < 1.29 is 14.3 Å². The Morgan fingerprint density at radius 3 is 2.73 bits per heavy atom. The summed E-state index contributed by atoms with van der Waals surface area (Å²) < 4.78 is 10.5. The summed E-state index contributed by atoms with van der Waals surface area (Å²) in [6, 6.07) is 0. The summed E-state index contributed by atoms with van der Waals surface area (Å²) >= 11 is 0. The minimum Gasteiger partial charge on any atom is -0.461 e. The maximum Gasteiger partial charge on any atom is 0.320 e. The Bertz CT molecular complexity index is 188. The highest BCUT2D eigenvalue weighted by Gasteiger charge is 2.17. The van der Waals surface area contributed by atoms with Gasteiger partial charge in [0.1, 0.15) is 6.10 Å². The molecule has 0 aliphatic carbocycles. The van der Waals surface area contributed by atoms with Crippen LogP contribution in [0.4, 0.5) is 0 Å². The molecule has 1 aliphatic heterocycles. The zero-order valence-corrected chi connectivity index (χ0v) is 9.62. The highest BCUT2D eigenvalue weighted by atomic mass is 16.6. The minimum atomic E-state index is -0.150. The van der Waals surface area contributed by atoms with E-state index in [0.29, 0.717) is 25.7 Å². The average Bonchev–Trinajstić information content (AvgIpc) is 2.18. The minimum absolute atomic E-state index is 0.0621. The normalized spacial score (nSPS) is 18.1. The van der Waals surface area contributed by atoms with Crippen LogP contribution < -0.4 is 5.32 Å². The molecule has 0 atom stereocenters. The van der Waals surface area contributed by atoms with Gasteiger partial charge in [-0.05, 0) is 12.5 Å². The Hall–Kier alpha value is -0.610. The van der Waals surface area contributed by atoms with Crippen molar-refractivity contribution in [2.45, 2.75) is 32.8 Å². The molecule has 1 rings (SSSR count). The van der Waals surface area contributed by atoms with Gasteiger partial charge in [0.2, 0.25) is 0 Å². The number of rotatable bonds is 5. The van der Waals surface area contributed by atoms with E-state index in [-0.39, 0.29) is 12.1 Å². The van der Waals surface area contributed by atoms with Gasteiger partial charge in [0.05, 0.1) is 19.8 Å². The van der Waals surface area contributed by atoms with Crippen molar-refractivity contribution >= 4 is 5.97 Å². The molecule has 0 unspecified atom stereocenters. The number of hydrogen-bond acceptors (Lipinski definition) is 4. The number of esters is 1. The number of carbonyl (C=O) groups is 1. The first kappa shape index (κ1) is 12.5. The van der Waals surface area contributed by atoms with Crippen molar-refractivity contribution in [2.24, 2.45) is 5.92 Å². The molecule has 88 valence electrons. The van der Waals surface area contributed by atoms with Gasteiger partial charge < -0.3 is 14.8 Å². The second kappa shape index (κ2) is 6.80. The monoisotopic (exact) mass is 215 g/mol. The molecule has 1 fully saturated rings. The fraction of sp³-hybridized carbons (Fsp3) is 0.909. The van der Waals surface area contributed by atoms with Crippen LogP contribution in [0.3, 0.4) is 0 Å². The fourth-order valence-electron chi connectivity index (χ4n) is 1.48. The lowest BCUT2D eigenvalue weighted by Gasteiger charge is -2.22. The second-order valence-corrected chi connectivity index (χ2v) is 4.33. The van der Waals surface area contributed by atoms with Gasteiger partial charge in [-0.25, -0.2) is 0 Å². The first-order chi connectivity index (χ1) is 7.18. The molecule has 4 nitrogen and oxygen atoms in total. The summed E-state index contributed by atoms with van der Waals surface area (Å²) in [6.45, 7) is 6.79. The summed E-state index contributed by atoms with van der Waals surface area (Å²) in [5.41, 5.74) is 0. The van der Waals surface area contributed by atoms with Crippen molar-refractivity contribution in [3.63, 3.8) is 0 Å². The largest absolute Gasteiger partial charge is 0.461 e. The molecule has 0 bridgehead atoms. The third-order valence-corrected chi connectivity index (χ3v) is 2.29. The predicted octanol–water partition coefficient (Wildman–Crippen LogP) is 0.954. The summed E-state index contributed by atoms with van der Waals surface area (Å²) in [5.74, 6) is 0.406. The van der Waals surface area contributed by atoms with Crippen LogP contribution in [0.5, 0.6) is 0 Å². The molecular weight excluding hydrogens is 194 g/mol. The number of hydrogen-bond donors (Lipinski definition) is 1. The van der Waals surface area contributed by atoms with Crippen LogP contribution in [-0.2, 0) is 14.3 Å². The molecule has 1 saturated heterocycles.